The Labute approximate surface area is 95.4 Å². The van der Waals surface area contributed by atoms with E-state index < -0.39 is 5.91 Å². The van der Waals surface area contributed by atoms with Crippen LogP contribution in [0, 0.1) is 13.8 Å². The minimum Gasteiger partial charge on any atom is -0.373 e. The van der Waals surface area contributed by atoms with E-state index in [4.69, 9.17) is 5.73 Å². The van der Waals surface area contributed by atoms with Crippen LogP contribution in [-0.4, -0.2) is 24.5 Å². The fourth-order valence-corrected chi connectivity index (χ4v) is 1.63. The van der Waals surface area contributed by atoms with Gasteiger partial charge in [0.1, 0.15) is 11.6 Å². The quantitative estimate of drug-likeness (QED) is 0.716. The summed E-state index contributed by atoms with van der Waals surface area (Å²) in [7, 11) is 1.80. The Morgan fingerprint density at radius 2 is 1.94 bits per heavy atom. The van der Waals surface area contributed by atoms with Gasteiger partial charge in [0.15, 0.2) is 0 Å². The number of pyridine rings is 1. The van der Waals surface area contributed by atoms with E-state index in [1.807, 2.05) is 20.8 Å². The summed E-state index contributed by atoms with van der Waals surface area (Å²) in [5.74, 6) is 0.854. The normalized spacial score (nSPS) is 10.0. The standard InChI is InChI=1S/C11H18N4O/c1-5-14-11-8(9(12)16)6(2)7(3)10(13-4)15-11/h5H2,1-4H3,(H2,12,16)(H2,13,14,15). The van der Waals surface area contributed by atoms with Crippen molar-refractivity contribution in [2.45, 2.75) is 20.8 Å². The maximum atomic E-state index is 11.4. The molecule has 0 aliphatic rings. The number of nitrogens with zero attached hydrogens (tertiary/aromatic N) is 1. The molecule has 0 bridgehead atoms. The predicted octanol–water partition coefficient (Wildman–Crippen LogP) is 1.27. The second-order valence-corrected chi connectivity index (χ2v) is 3.58. The lowest BCUT2D eigenvalue weighted by molar-refractivity contribution is 0.1000. The van der Waals surface area contributed by atoms with Crippen molar-refractivity contribution in [3.63, 3.8) is 0 Å². The molecule has 0 fully saturated rings. The molecule has 16 heavy (non-hydrogen) atoms. The van der Waals surface area contributed by atoms with Crippen molar-refractivity contribution in [2.75, 3.05) is 24.2 Å². The highest BCUT2D eigenvalue weighted by molar-refractivity contribution is 6.00. The monoisotopic (exact) mass is 222 g/mol. The Bertz CT molecular complexity index is 415. The van der Waals surface area contributed by atoms with E-state index in [1.54, 1.807) is 7.05 Å². The minimum absolute atomic E-state index is 0.452. The maximum Gasteiger partial charge on any atom is 0.252 e. The number of carbonyl (C=O) groups excluding carboxylic acids is 1. The van der Waals surface area contributed by atoms with Crippen LogP contribution in [0.15, 0.2) is 0 Å². The number of hydrogen-bond donors (Lipinski definition) is 3. The first-order valence-corrected chi connectivity index (χ1v) is 5.25. The Kier molecular flexibility index (Phi) is 3.71. The van der Waals surface area contributed by atoms with E-state index >= 15 is 0 Å². The van der Waals surface area contributed by atoms with Crippen LogP contribution in [0.1, 0.15) is 28.4 Å². The smallest absolute Gasteiger partial charge is 0.252 e. The molecule has 1 rings (SSSR count). The number of primary amides is 1. The molecular weight excluding hydrogens is 204 g/mol. The topological polar surface area (TPSA) is 80.0 Å². The van der Waals surface area contributed by atoms with Crippen molar-refractivity contribution in [2.24, 2.45) is 5.73 Å². The summed E-state index contributed by atoms with van der Waals surface area (Å²) in [6.07, 6.45) is 0. The molecular formula is C11H18N4O. The van der Waals surface area contributed by atoms with Crippen molar-refractivity contribution in [3.05, 3.63) is 16.7 Å². The molecule has 0 saturated heterocycles. The first-order chi connectivity index (χ1) is 7.52. The Balaban J connectivity index is 3.45. The van der Waals surface area contributed by atoms with Gasteiger partial charge in [0, 0.05) is 13.6 Å². The molecule has 88 valence electrons. The summed E-state index contributed by atoms with van der Waals surface area (Å²) >= 11 is 0. The zero-order valence-electron chi connectivity index (χ0n) is 10.1. The highest BCUT2D eigenvalue weighted by atomic mass is 16.1. The minimum atomic E-state index is -0.452. The van der Waals surface area contributed by atoms with Gasteiger partial charge in [-0.05, 0) is 31.9 Å². The third kappa shape index (κ3) is 2.08. The molecule has 1 amide bonds. The zero-order valence-corrected chi connectivity index (χ0v) is 10.1. The number of anilines is 2. The number of carbonyl (C=O) groups is 1. The van der Waals surface area contributed by atoms with Gasteiger partial charge in [-0.3, -0.25) is 4.79 Å². The lowest BCUT2D eigenvalue weighted by Gasteiger charge is -2.15. The van der Waals surface area contributed by atoms with Crippen molar-refractivity contribution in [1.82, 2.24) is 4.98 Å². The van der Waals surface area contributed by atoms with Crippen LogP contribution in [0.3, 0.4) is 0 Å². The second kappa shape index (κ2) is 4.83. The van der Waals surface area contributed by atoms with Crippen LogP contribution in [-0.2, 0) is 0 Å². The molecule has 0 aromatic carbocycles. The highest BCUT2D eigenvalue weighted by Crippen LogP contribution is 2.25. The fourth-order valence-electron chi connectivity index (χ4n) is 1.63. The molecule has 5 heteroatoms. The summed E-state index contributed by atoms with van der Waals surface area (Å²) < 4.78 is 0. The van der Waals surface area contributed by atoms with Crippen LogP contribution in [0.2, 0.25) is 0 Å². The average molecular weight is 222 g/mol. The van der Waals surface area contributed by atoms with E-state index in [-0.39, 0.29) is 0 Å². The van der Waals surface area contributed by atoms with Gasteiger partial charge in [0.2, 0.25) is 0 Å². The summed E-state index contributed by atoms with van der Waals surface area (Å²) in [5.41, 5.74) is 7.64. The van der Waals surface area contributed by atoms with Crippen LogP contribution in [0.4, 0.5) is 11.6 Å². The van der Waals surface area contributed by atoms with Crippen molar-refractivity contribution in [1.29, 1.82) is 0 Å². The van der Waals surface area contributed by atoms with E-state index in [2.05, 4.69) is 15.6 Å². The van der Waals surface area contributed by atoms with E-state index in [0.29, 0.717) is 17.9 Å². The van der Waals surface area contributed by atoms with E-state index in [9.17, 15) is 4.79 Å². The lowest BCUT2D eigenvalue weighted by Crippen LogP contribution is -2.19. The van der Waals surface area contributed by atoms with Gasteiger partial charge in [0.25, 0.3) is 5.91 Å². The molecule has 0 atom stereocenters. The van der Waals surface area contributed by atoms with E-state index in [0.717, 1.165) is 16.9 Å². The summed E-state index contributed by atoms with van der Waals surface area (Å²) in [6, 6.07) is 0. The van der Waals surface area contributed by atoms with Gasteiger partial charge in [-0.2, -0.15) is 0 Å². The van der Waals surface area contributed by atoms with Gasteiger partial charge in [-0.25, -0.2) is 4.98 Å². The third-order valence-corrected chi connectivity index (χ3v) is 2.58. The lowest BCUT2D eigenvalue weighted by atomic mass is 10.0. The molecule has 4 N–H and O–H groups in total. The average Bonchev–Trinajstić information content (AvgIpc) is 2.23. The number of aromatic nitrogens is 1. The van der Waals surface area contributed by atoms with Crippen LogP contribution >= 0.6 is 0 Å². The molecule has 0 aliphatic heterocycles. The molecule has 5 nitrogen and oxygen atoms in total. The van der Waals surface area contributed by atoms with Gasteiger partial charge in [-0.1, -0.05) is 0 Å². The van der Waals surface area contributed by atoms with E-state index in [1.165, 1.54) is 0 Å². The number of hydrogen-bond acceptors (Lipinski definition) is 4. The van der Waals surface area contributed by atoms with Gasteiger partial charge >= 0.3 is 0 Å². The summed E-state index contributed by atoms with van der Waals surface area (Å²) in [6.45, 7) is 6.43. The van der Waals surface area contributed by atoms with Gasteiger partial charge in [-0.15, -0.1) is 0 Å². The van der Waals surface area contributed by atoms with Crippen LogP contribution < -0.4 is 16.4 Å². The number of nitrogens with one attached hydrogen (secondary N) is 2. The maximum absolute atomic E-state index is 11.4. The molecule has 0 unspecified atom stereocenters. The molecule has 1 aromatic heterocycles. The molecule has 0 radical (unpaired) electrons. The Hall–Kier alpha value is -1.78. The summed E-state index contributed by atoms with van der Waals surface area (Å²) in [4.78, 5) is 15.7. The number of amides is 1. The van der Waals surface area contributed by atoms with Crippen molar-refractivity contribution in [3.8, 4) is 0 Å². The van der Waals surface area contributed by atoms with Gasteiger partial charge in [0.05, 0.1) is 5.56 Å². The van der Waals surface area contributed by atoms with Crippen molar-refractivity contribution >= 4 is 17.5 Å². The molecule has 0 saturated carbocycles. The second-order valence-electron chi connectivity index (χ2n) is 3.58. The fraction of sp³-hybridized carbons (Fsp3) is 0.455. The first-order valence-electron chi connectivity index (χ1n) is 5.25. The van der Waals surface area contributed by atoms with Gasteiger partial charge < -0.3 is 16.4 Å². The molecule has 1 aromatic rings. The SMILES string of the molecule is CCNc1nc(NC)c(C)c(C)c1C(N)=O. The Morgan fingerprint density at radius 1 is 1.31 bits per heavy atom. The number of rotatable bonds is 4. The van der Waals surface area contributed by atoms with Crippen LogP contribution in [0.5, 0.6) is 0 Å². The summed E-state index contributed by atoms with van der Waals surface area (Å²) in [5, 5.41) is 6.05. The third-order valence-electron chi connectivity index (χ3n) is 2.58. The largest absolute Gasteiger partial charge is 0.373 e. The number of nitrogens with two attached hydrogens (primary N) is 1. The Morgan fingerprint density at radius 3 is 2.38 bits per heavy atom. The molecule has 0 aliphatic carbocycles. The van der Waals surface area contributed by atoms with Crippen molar-refractivity contribution < 1.29 is 4.79 Å². The predicted molar refractivity (Wildman–Crippen MR) is 65.9 cm³/mol. The molecule has 1 heterocycles. The first kappa shape index (κ1) is 12.3. The molecule has 0 spiro atoms. The zero-order chi connectivity index (χ0) is 12.3. The highest BCUT2D eigenvalue weighted by Gasteiger charge is 2.17. The van der Waals surface area contributed by atoms with Crippen LogP contribution in [0.25, 0.3) is 0 Å².